The van der Waals surface area contributed by atoms with E-state index in [9.17, 15) is 9.59 Å². The monoisotopic (exact) mass is 345 g/mol. The summed E-state index contributed by atoms with van der Waals surface area (Å²) < 4.78 is 11.0. The molecule has 0 radical (unpaired) electrons. The van der Waals surface area contributed by atoms with Gasteiger partial charge in [-0.2, -0.15) is 0 Å². The quantitative estimate of drug-likeness (QED) is 0.780. The van der Waals surface area contributed by atoms with Crippen molar-refractivity contribution >= 4 is 27.8 Å². The molecule has 2 N–H and O–H groups in total. The second kappa shape index (κ2) is 7.25. The van der Waals surface area contributed by atoms with Crippen molar-refractivity contribution in [2.24, 2.45) is 0 Å². The number of aliphatic carboxylic acids is 1. The highest BCUT2D eigenvalue weighted by Crippen LogP contribution is 2.16. The zero-order valence-electron chi connectivity index (χ0n) is 11.2. The van der Waals surface area contributed by atoms with E-state index < -0.39 is 17.4 Å². The summed E-state index contributed by atoms with van der Waals surface area (Å²) in [4.78, 5) is 22.8. The molecule has 1 amide bonds. The standard InChI is InChI=1S/C13H16BrNO5/c1-13(8-19-2,12(17)18)15-11(16)7-20-10-5-3-9(14)4-6-10/h3-6H,7-8H2,1-2H3,(H,15,16)(H,17,18). The van der Waals surface area contributed by atoms with Crippen LogP contribution in [0, 0.1) is 0 Å². The van der Waals surface area contributed by atoms with Crippen LogP contribution >= 0.6 is 15.9 Å². The van der Waals surface area contributed by atoms with Crippen molar-refractivity contribution in [1.82, 2.24) is 5.32 Å². The molecule has 0 aliphatic rings. The number of halogens is 1. The number of benzene rings is 1. The van der Waals surface area contributed by atoms with Crippen LogP contribution in [0.2, 0.25) is 0 Å². The second-order valence-electron chi connectivity index (χ2n) is 4.36. The Morgan fingerprint density at radius 1 is 1.35 bits per heavy atom. The fraction of sp³-hybridized carbons (Fsp3) is 0.385. The molecular formula is C13H16BrNO5. The van der Waals surface area contributed by atoms with Crippen LogP contribution in [0.3, 0.4) is 0 Å². The number of ether oxygens (including phenoxy) is 2. The van der Waals surface area contributed by atoms with Crippen LogP contribution in [0.4, 0.5) is 0 Å². The van der Waals surface area contributed by atoms with Gasteiger partial charge >= 0.3 is 5.97 Å². The van der Waals surface area contributed by atoms with Crippen LogP contribution in [0.5, 0.6) is 5.75 Å². The van der Waals surface area contributed by atoms with Crippen molar-refractivity contribution in [1.29, 1.82) is 0 Å². The molecule has 0 saturated carbocycles. The number of carboxylic acids is 1. The molecule has 0 bridgehead atoms. The Bertz CT molecular complexity index is 476. The van der Waals surface area contributed by atoms with Gasteiger partial charge in [0.05, 0.1) is 6.61 Å². The number of carboxylic acid groups (broad SMARTS) is 1. The molecule has 0 aliphatic heterocycles. The molecule has 0 aromatic heterocycles. The minimum absolute atomic E-state index is 0.133. The summed E-state index contributed by atoms with van der Waals surface area (Å²) >= 11 is 3.28. The van der Waals surface area contributed by atoms with E-state index in [1.165, 1.54) is 14.0 Å². The van der Waals surface area contributed by atoms with Gasteiger partial charge in [-0.25, -0.2) is 4.79 Å². The van der Waals surface area contributed by atoms with Gasteiger partial charge in [-0.15, -0.1) is 0 Å². The number of rotatable bonds is 7. The maximum absolute atomic E-state index is 11.7. The molecule has 110 valence electrons. The minimum Gasteiger partial charge on any atom is -0.484 e. The molecule has 0 saturated heterocycles. The van der Waals surface area contributed by atoms with E-state index in [1.807, 2.05) is 0 Å². The molecule has 0 fully saturated rings. The lowest BCUT2D eigenvalue weighted by Crippen LogP contribution is -2.56. The molecular weight excluding hydrogens is 330 g/mol. The van der Waals surface area contributed by atoms with Gasteiger partial charge in [-0.3, -0.25) is 4.79 Å². The van der Waals surface area contributed by atoms with E-state index >= 15 is 0 Å². The Morgan fingerprint density at radius 2 is 1.95 bits per heavy atom. The number of amides is 1. The van der Waals surface area contributed by atoms with Crippen molar-refractivity contribution in [3.63, 3.8) is 0 Å². The van der Waals surface area contributed by atoms with Crippen molar-refractivity contribution in [3.8, 4) is 5.75 Å². The third kappa shape index (κ3) is 4.82. The summed E-state index contributed by atoms with van der Waals surface area (Å²) in [5, 5.41) is 11.5. The first kappa shape index (κ1) is 16.5. The summed E-state index contributed by atoms with van der Waals surface area (Å²) in [5.41, 5.74) is -1.48. The zero-order valence-corrected chi connectivity index (χ0v) is 12.8. The number of hydrogen-bond acceptors (Lipinski definition) is 4. The van der Waals surface area contributed by atoms with Gasteiger partial charge in [-0.1, -0.05) is 15.9 Å². The van der Waals surface area contributed by atoms with E-state index in [-0.39, 0.29) is 13.2 Å². The summed E-state index contributed by atoms with van der Waals surface area (Å²) in [7, 11) is 1.37. The van der Waals surface area contributed by atoms with Crippen LogP contribution in [0.25, 0.3) is 0 Å². The largest absolute Gasteiger partial charge is 0.484 e. The highest BCUT2D eigenvalue weighted by atomic mass is 79.9. The number of methoxy groups -OCH3 is 1. The molecule has 7 heteroatoms. The molecule has 1 aromatic carbocycles. The Kier molecular flexibility index (Phi) is 5.97. The first-order valence-electron chi connectivity index (χ1n) is 5.79. The fourth-order valence-electron chi connectivity index (χ4n) is 1.46. The lowest BCUT2D eigenvalue weighted by atomic mass is 10.0. The lowest BCUT2D eigenvalue weighted by molar-refractivity contribution is -0.149. The Balaban J connectivity index is 2.54. The molecule has 1 atom stereocenters. The number of nitrogens with one attached hydrogen (secondary N) is 1. The predicted octanol–water partition coefficient (Wildman–Crippen LogP) is 1.43. The molecule has 0 heterocycles. The van der Waals surface area contributed by atoms with E-state index in [0.29, 0.717) is 5.75 Å². The number of carbonyl (C=O) groups excluding carboxylic acids is 1. The van der Waals surface area contributed by atoms with Crippen LogP contribution in [0.1, 0.15) is 6.92 Å². The topological polar surface area (TPSA) is 84.9 Å². The summed E-state index contributed by atoms with van der Waals surface area (Å²) in [6, 6.07) is 6.95. The van der Waals surface area contributed by atoms with Gasteiger partial charge in [-0.05, 0) is 31.2 Å². The Hall–Kier alpha value is -1.60. The Morgan fingerprint density at radius 3 is 2.45 bits per heavy atom. The van der Waals surface area contributed by atoms with E-state index in [4.69, 9.17) is 14.6 Å². The highest BCUT2D eigenvalue weighted by molar-refractivity contribution is 9.10. The maximum atomic E-state index is 11.7. The minimum atomic E-state index is -1.48. The molecule has 20 heavy (non-hydrogen) atoms. The second-order valence-corrected chi connectivity index (χ2v) is 5.28. The van der Waals surface area contributed by atoms with Crippen LogP contribution < -0.4 is 10.1 Å². The lowest BCUT2D eigenvalue weighted by Gasteiger charge is -2.25. The van der Waals surface area contributed by atoms with E-state index in [2.05, 4.69) is 21.2 Å². The fourth-order valence-corrected chi connectivity index (χ4v) is 1.73. The van der Waals surface area contributed by atoms with Gasteiger partial charge in [0.25, 0.3) is 5.91 Å². The van der Waals surface area contributed by atoms with Crippen molar-refractivity contribution < 1.29 is 24.2 Å². The van der Waals surface area contributed by atoms with Crippen LogP contribution in [-0.4, -0.2) is 42.8 Å². The molecule has 0 aliphatic carbocycles. The van der Waals surface area contributed by atoms with Gasteiger partial charge in [0.2, 0.25) is 0 Å². The van der Waals surface area contributed by atoms with Gasteiger partial charge in [0.15, 0.2) is 12.1 Å². The van der Waals surface area contributed by atoms with Crippen molar-refractivity contribution in [3.05, 3.63) is 28.7 Å². The van der Waals surface area contributed by atoms with Crippen LogP contribution in [-0.2, 0) is 14.3 Å². The first-order valence-corrected chi connectivity index (χ1v) is 6.58. The van der Waals surface area contributed by atoms with Crippen molar-refractivity contribution in [2.45, 2.75) is 12.5 Å². The summed E-state index contributed by atoms with van der Waals surface area (Å²) in [6.07, 6.45) is 0. The Labute approximate surface area is 125 Å². The SMILES string of the molecule is COCC(C)(NC(=O)COc1ccc(Br)cc1)C(=O)O. The highest BCUT2D eigenvalue weighted by Gasteiger charge is 2.35. The van der Waals surface area contributed by atoms with E-state index in [0.717, 1.165) is 4.47 Å². The first-order chi connectivity index (χ1) is 9.37. The van der Waals surface area contributed by atoms with Gasteiger partial charge in [0.1, 0.15) is 5.75 Å². The molecule has 1 rings (SSSR count). The summed E-state index contributed by atoms with van der Waals surface area (Å²) in [5.74, 6) is -1.18. The normalized spacial score (nSPS) is 13.3. The maximum Gasteiger partial charge on any atom is 0.331 e. The molecule has 0 spiro atoms. The predicted molar refractivity (Wildman–Crippen MR) is 75.7 cm³/mol. The van der Waals surface area contributed by atoms with Crippen molar-refractivity contribution in [2.75, 3.05) is 20.3 Å². The average Bonchev–Trinajstić information content (AvgIpc) is 2.38. The third-order valence-electron chi connectivity index (χ3n) is 2.50. The zero-order chi connectivity index (χ0) is 15.2. The average molecular weight is 346 g/mol. The number of carbonyl (C=O) groups is 2. The smallest absolute Gasteiger partial charge is 0.331 e. The molecule has 6 nitrogen and oxygen atoms in total. The summed E-state index contributed by atoms with van der Waals surface area (Å²) in [6.45, 7) is 0.969. The van der Waals surface area contributed by atoms with E-state index in [1.54, 1.807) is 24.3 Å². The van der Waals surface area contributed by atoms with Crippen LogP contribution in [0.15, 0.2) is 28.7 Å². The number of hydrogen-bond donors (Lipinski definition) is 2. The molecule has 1 unspecified atom stereocenters. The van der Waals surface area contributed by atoms with Gasteiger partial charge in [0, 0.05) is 11.6 Å². The van der Waals surface area contributed by atoms with Gasteiger partial charge < -0.3 is 19.9 Å². The molecule has 1 aromatic rings. The third-order valence-corrected chi connectivity index (χ3v) is 3.03.